The van der Waals surface area contributed by atoms with Crippen molar-refractivity contribution in [1.82, 2.24) is 9.62 Å². The number of amides is 1. The molecule has 2 aliphatic rings. The van der Waals surface area contributed by atoms with Crippen molar-refractivity contribution in [3.63, 3.8) is 0 Å². The zero-order chi connectivity index (χ0) is 20.0. The highest BCUT2D eigenvalue weighted by atomic mass is 32.2. The maximum atomic E-state index is 12.9. The summed E-state index contributed by atoms with van der Waals surface area (Å²) in [4.78, 5) is 12.8. The molecule has 0 spiro atoms. The second-order valence-corrected chi connectivity index (χ2v) is 10.8. The summed E-state index contributed by atoms with van der Waals surface area (Å²) in [6.07, 6.45) is 6.66. The summed E-state index contributed by atoms with van der Waals surface area (Å²) in [6.45, 7) is 1.35. The topological polar surface area (TPSA) is 75.7 Å². The molecule has 1 aliphatic carbocycles. The molecule has 1 saturated heterocycles. The number of ether oxygens (including phenoxy) is 1. The molecular formula is C20H30N2O4S2. The number of hydrogen-bond acceptors (Lipinski definition) is 5. The molecule has 8 heteroatoms. The summed E-state index contributed by atoms with van der Waals surface area (Å²) in [7, 11) is -2.05. The fraction of sp³-hybridized carbons (Fsp3) is 0.650. The van der Waals surface area contributed by atoms with E-state index in [1.807, 2.05) is 11.8 Å². The fourth-order valence-corrected chi connectivity index (χ4v) is 6.61. The number of carbonyl (C=O) groups is 1. The number of carbonyl (C=O) groups excluding carboxylic acids is 1. The third kappa shape index (κ3) is 5.42. The highest BCUT2D eigenvalue weighted by molar-refractivity contribution is 7.99. The van der Waals surface area contributed by atoms with Gasteiger partial charge in [0.05, 0.1) is 17.9 Å². The maximum absolute atomic E-state index is 12.9. The fourth-order valence-electron chi connectivity index (χ4n) is 3.87. The van der Waals surface area contributed by atoms with E-state index in [0.29, 0.717) is 25.3 Å². The molecular weight excluding hydrogens is 396 g/mol. The van der Waals surface area contributed by atoms with Crippen molar-refractivity contribution in [2.24, 2.45) is 5.92 Å². The molecule has 6 nitrogen and oxygen atoms in total. The Hall–Kier alpha value is -1.25. The normalized spacial score (nSPS) is 21.5. The molecule has 3 rings (SSSR count). The lowest BCUT2D eigenvalue weighted by Gasteiger charge is -2.31. The monoisotopic (exact) mass is 426 g/mol. The predicted molar refractivity (Wildman–Crippen MR) is 112 cm³/mol. The van der Waals surface area contributed by atoms with Crippen LogP contribution in [-0.2, 0) is 14.8 Å². The van der Waals surface area contributed by atoms with Crippen LogP contribution in [0.15, 0.2) is 29.2 Å². The number of rotatable bonds is 8. The summed E-state index contributed by atoms with van der Waals surface area (Å²) >= 11 is 1.95. The molecule has 0 aromatic heterocycles. The van der Waals surface area contributed by atoms with Crippen LogP contribution >= 0.6 is 11.8 Å². The first kappa shape index (κ1) is 21.5. The van der Waals surface area contributed by atoms with Crippen LogP contribution < -0.4 is 10.1 Å². The number of thioether (sulfide) groups is 1. The largest absolute Gasteiger partial charge is 0.497 e. The first-order chi connectivity index (χ1) is 13.5. The van der Waals surface area contributed by atoms with Crippen LogP contribution in [0.5, 0.6) is 5.75 Å². The van der Waals surface area contributed by atoms with Gasteiger partial charge in [0.1, 0.15) is 5.75 Å². The molecule has 1 atom stereocenters. The van der Waals surface area contributed by atoms with Crippen LogP contribution in [0.25, 0.3) is 0 Å². The van der Waals surface area contributed by atoms with Crippen molar-refractivity contribution in [2.45, 2.75) is 48.7 Å². The average molecular weight is 427 g/mol. The Kier molecular flexibility index (Phi) is 7.65. The minimum atomic E-state index is -3.60. The van der Waals surface area contributed by atoms with Crippen LogP contribution in [0.2, 0.25) is 0 Å². The van der Waals surface area contributed by atoms with Gasteiger partial charge in [-0.2, -0.15) is 16.1 Å². The predicted octanol–water partition coefficient (Wildman–Crippen LogP) is 2.89. The molecule has 1 heterocycles. The molecule has 0 radical (unpaired) electrons. The van der Waals surface area contributed by atoms with Gasteiger partial charge in [-0.25, -0.2) is 8.42 Å². The molecule has 2 fully saturated rings. The van der Waals surface area contributed by atoms with Gasteiger partial charge in [0, 0.05) is 30.6 Å². The van der Waals surface area contributed by atoms with Gasteiger partial charge in [0.15, 0.2) is 0 Å². The van der Waals surface area contributed by atoms with Gasteiger partial charge in [-0.05, 0) is 49.9 Å². The van der Waals surface area contributed by atoms with Gasteiger partial charge >= 0.3 is 0 Å². The standard InChI is InChI=1S/C20H30N2O4S2/c1-26-17-8-10-19(11-9-17)28(24,25)22-13-4-5-16(15-22)20(23)21-12-14-27-18-6-2-3-7-18/h8-11,16,18H,2-7,12-15H2,1H3,(H,21,23)/t16-/m1/s1. The number of nitrogens with one attached hydrogen (secondary N) is 1. The third-order valence-electron chi connectivity index (χ3n) is 5.51. The quantitative estimate of drug-likeness (QED) is 0.647. The number of methoxy groups -OCH3 is 1. The van der Waals surface area contributed by atoms with Crippen LogP contribution in [0.1, 0.15) is 38.5 Å². The molecule has 156 valence electrons. The van der Waals surface area contributed by atoms with E-state index in [2.05, 4.69) is 5.32 Å². The Morgan fingerprint density at radius 1 is 1.18 bits per heavy atom. The lowest BCUT2D eigenvalue weighted by atomic mass is 9.99. The van der Waals surface area contributed by atoms with Gasteiger partial charge in [-0.3, -0.25) is 4.79 Å². The van der Waals surface area contributed by atoms with E-state index in [4.69, 9.17) is 4.74 Å². The molecule has 1 saturated carbocycles. The second kappa shape index (κ2) is 9.98. The lowest BCUT2D eigenvalue weighted by Crippen LogP contribution is -2.45. The van der Waals surface area contributed by atoms with Crippen molar-refractivity contribution in [3.05, 3.63) is 24.3 Å². The second-order valence-electron chi connectivity index (χ2n) is 7.45. The third-order valence-corrected chi connectivity index (χ3v) is 8.77. The van der Waals surface area contributed by atoms with Crippen LogP contribution in [0, 0.1) is 5.92 Å². The van der Waals surface area contributed by atoms with E-state index in [1.165, 1.54) is 30.0 Å². The lowest BCUT2D eigenvalue weighted by molar-refractivity contribution is -0.125. The van der Waals surface area contributed by atoms with E-state index in [0.717, 1.165) is 17.4 Å². The van der Waals surface area contributed by atoms with Gasteiger partial charge in [-0.1, -0.05) is 12.8 Å². The van der Waals surface area contributed by atoms with Crippen molar-refractivity contribution in [3.8, 4) is 5.75 Å². The molecule has 1 aromatic rings. The highest BCUT2D eigenvalue weighted by Crippen LogP contribution is 2.29. The molecule has 0 unspecified atom stereocenters. The van der Waals surface area contributed by atoms with Gasteiger partial charge in [0.25, 0.3) is 0 Å². The maximum Gasteiger partial charge on any atom is 0.243 e. The SMILES string of the molecule is COc1ccc(S(=O)(=O)N2CCC[C@@H](C(=O)NCCSC3CCCC3)C2)cc1. The minimum Gasteiger partial charge on any atom is -0.497 e. The summed E-state index contributed by atoms with van der Waals surface area (Å²) in [5.41, 5.74) is 0. The van der Waals surface area contributed by atoms with Crippen LogP contribution in [0.4, 0.5) is 0 Å². The number of benzene rings is 1. The molecule has 28 heavy (non-hydrogen) atoms. The first-order valence-electron chi connectivity index (χ1n) is 10.0. The Morgan fingerprint density at radius 3 is 2.57 bits per heavy atom. The van der Waals surface area contributed by atoms with Crippen molar-refractivity contribution >= 4 is 27.7 Å². The average Bonchev–Trinajstić information content (AvgIpc) is 3.24. The molecule has 1 amide bonds. The summed E-state index contributed by atoms with van der Waals surface area (Å²) in [5.74, 6) is 1.24. The van der Waals surface area contributed by atoms with E-state index in [1.54, 1.807) is 31.4 Å². The summed E-state index contributed by atoms with van der Waals surface area (Å²) in [6, 6.07) is 6.39. The zero-order valence-electron chi connectivity index (χ0n) is 16.4. The van der Waals surface area contributed by atoms with Gasteiger partial charge in [0.2, 0.25) is 15.9 Å². The zero-order valence-corrected chi connectivity index (χ0v) is 18.1. The summed E-state index contributed by atoms with van der Waals surface area (Å²) < 4.78 is 32.4. The molecule has 0 bridgehead atoms. The van der Waals surface area contributed by atoms with Crippen LogP contribution in [-0.4, -0.2) is 56.4 Å². The van der Waals surface area contributed by atoms with Crippen LogP contribution in [0.3, 0.4) is 0 Å². The minimum absolute atomic E-state index is 0.0262. The number of hydrogen-bond donors (Lipinski definition) is 1. The van der Waals surface area contributed by atoms with Crippen molar-refractivity contribution in [2.75, 3.05) is 32.5 Å². The highest BCUT2D eigenvalue weighted by Gasteiger charge is 2.33. The Balaban J connectivity index is 1.51. The Bertz CT molecular complexity index is 746. The van der Waals surface area contributed by atoms with E-state index >= 15 is 0 Å². The summed E-state index contributed by atoms with van der Waals surface area (Å²) in [5, 5.41) is 3.75. The van der Waals surface area contributed by atoms with E-state index in [9.17, 15) is 13.2 Å². The van der Waals surface area contributed by atoms with Crippen molar-refractivity contribution < 1.29 is 17.9 Å². The van der Waals surface area contributed by atoms with Crippen molar-refractivity contribution in [1.29, 1.82) is 0 Å². The smallest absolute Gasteiger partial charge is 0.243 e. The number of piperidine rings is 1. The number of nitrogens with zero attached hydrogens (tertiary/aromatic N) is 1. The van der Waals surface area contributed by atoms with Gasteiger partial charge in [-0.15, -0.1) is 0 Å². The number of sulfonamides is 1. The molecule has 1 aromatic carbocycles. The van der Waals surface area contributed by atoms with Gasteiger partial charge < -0.3 is 10.1 Å². The molecule has 1 N–H and O–H groups in total. The first-order valence-corrected chi connectivity index (χ1v) is 12.5. The van der Waals surface area contributed by atoms with E-state index < -0.39 is 10.0 Å². The Morgan fingerprint density at radius 2 is 1.89 bits per heavy atom. The molecule has 1 aliphatic heterocycles. The Labute approximate surface area is 172 Å². The van der Waals surface area contributed by atoms with E-state index in [-0.39, 0.29) is 23.3 Å².